The zero-order valence-corrected chi connectivity index (χ0v) is 22.7. The van der Waals surface area contributed by atoms with Gasteiger partial charge in [0.2, 0.25) is 0 Å². The first-order valence-corrected chi connectivity index (χ1v) is 15.4. The topological polar surface area (TPSA) is 36.9 Å². The molecule has 0 saturated carbocycles. The second-order valence-corrected chi connectivity index (χ2v) is 11.0. The zero-order chi connectivity index (χ0) is 22.9. The number of unbranched alkanes of at least 4 members (excludes halogenated alkanes) is 14. The van der Waals surface area contributed by atoms with E-state index in [2.05, 4.69) is 27.7 Å². The molecular formula is C26H56O4Si. The molecule has 0 N–H and O–H groups in total. The summed E-state index contributed by atoms with van der Waals surface area (Å²) < 4.78 is 25.3. The Morgan fingerprint density at radius 2 is 0.548 bits per heavy atom. The van der Waals surface area contributed by atoms with Gasteiger partial charge in [0.15, 0.2) is 0 Å². The second-order valence-electron chi connectivity index (χ2n) is 8.84. The lowest BCUT2D eigenvalue weighted by atomic mass is 10.2. The van der Waals surface area contributed by atoms with E-state index < -0.39 is 9.05 Å². The van der Waals surface area contributed by atoms with Crippen molar-refractivity contribution < 1.29 is 17.7 Å². The first-order valence-electron chi connectivity index (χ1n) is 13.8. The molecule has 0 aliphatic heterocycles. The molecule has 0 fully saturated rings. The summed E-state index contributed by atoms with van der Waals surface area (Å²) in [6.45, 7) is 11.7. The third-order valence-electron chi connectivity index (χ3n) is 5.61. The molecule has 5 heteroatoms. The number of hydrogen-bond acceptors (Lipinski definition) is 4. The summed E-state index contributed by atoms with van der Waals surface area (Å²) in [7, 11) is -3.05. The molecular weight excluding hydrogens is 404 g/mol. The maximum Gasteiger partial charge on any atom is 0.679 e. The van der Waals surface area contributed by atoms with E-state index in [0.717, 1.165) is 25.7 Å². The molecule has 0 aromatic rings. The fourth-order valence-corrected chi connectivity index (χ4v) is 5.58. The molecule has 0 heterocycles. The predicted octanol–water partition coefficient (Wildman–Crippen LogP) is 8.59. The SMILES string of the molecule is CCCCCCCO[Si](OCCCCCC)(OCCCCCC)OCCCCCCC. The summed E-state index contributed by atoms with van der Waals surface area (Å²) in [6.07, 6.45) is 21.7. The van der Waals surface area contributed by atoms with Gasteiger partial charge in [-0.15, -0.1) is 0 Å². The summed E-state index contributed by atoms with van der Waals surface area (Å²) in [6, 6.07) is 0. The molecule has 0 radical (unpaired) electrons. The molecule has 0 aliphatic carbocycles. The fourth-order valence-electron chi connectivity index (χ4n) is 3.51. The highest BCUT2D eigenvalue weighted by atomic mass is 28.4. The molecule has 0 saturated heterocycles. The van der Waals surface area contributed by atoms with Crippen LogP contribution in [0.4, 0.5) is 0 Å². The van der Waals surface area contributed by atoms with Gasteiger partial charge in [0.05, 0.1) is 0 Å². The Bertz CT molecular complexity index is 309. The third-order valence-corrected chi connectivity index (χ3v) is 7.84. The zero-order valence-electron chi connectivity index (χ0n) is 21.7. The Morgan fingerprint density at radius 3 is 0.806 bits per heavy atom. The van der Waals surface area contributed by atoms with Crippen LogP contribution in [0.3, 0.4) is 0 Å². The lowest BCUT2D eigenvalue weighted by molar-refractivity contribution is -0.0375. The molecule has 0 spiro atoms. The minimum Gasteiger partial charge on any atom is -0.351 e. The molecule has 4 nitrogen and oxygen atoms in total. The van der Waals surface area contributed by atoms with E-state index in [-0.39, 0.29) is 0 Å². The first kappa shape index (κ1) is 31.1. The van der Waals surface area contributed by atoms with Crippen molar-refractivity contribution in [1.82, 2.24) is 0 Å². The molecule has 0 unspecified atom stereocenters. The van der Waals surface area contributed by atoms with Gasteiger partial charge in [0.25, 0.3) is 0 Å². The summed E-state index contributed by atoms with van der Waals surface area (Å²) >= 11 is 0. The molecule has 0 bridgehead atoms. The monoisotopic (exact) mass is 460 g/mol. The lowest BCUT2D eigenvalue weighted by Gasteiger charge is -2.28. The van der Waals surface area contributed by atoms with Crippen molar-refractivity contribution in [3.8, 4) is 0 Å². The van der Waals surface area contributed by atoms with Gasteiger partial charge < -0.3 is 17.7 Å². The van der Waals surface area contributed by atoms with Crippen LogP contribution in [-0.4, -0.2) is 35.5 Å². The quantitative estimate of drug-likeness (QED) is 0.0956. The lowest BCUT2D eigenvalue weighted by Crippen LogP contribution is -2.50. The fraction of sp³-hybridized carbons (Fsp3) is 1.00. The number of hydrogen-bond donors (Lipinski definition) is 0. The minimum atomic E-state index is -3.05. The van der Waals surface area contributed by atoms with Gasteiger partial charge in [-0.1, -0.05) is 118 Å². The molecule has 0 aromatic carbocycles. The van der Waals surface area contributed by atoms with E-state index in [4.69, 9.17) is 17.7 Å². The molecule has 0 aromatic heterocycles. The molecule has 0 atom stereocenters. The van der Waals surface area contributed by atoms with E-state index in [1.54, 1.807) is 0 Å². The highest BCUT2D eigenvalue weighted by molar-refractivity contribution is 6.53. The van der Waals surface area contributed by atoms with E-state index in [9.17, 15) is 0 Å². The van der Waals surface area contributed by atoms with Gasteiger partial charge in [-0.05, 0) is 25.7 Å². The molecule has 0 aliphatic rings. The largest absolute Gasteiger partial charge is 0.679 e. The highest BCUT2D eigenvalue weighted by Gasteiger charge is 2.45. The van der Waals surface area contributed by atoms with E-state index >= 15 is 0 Å². The van der Waals surface area contributed by atoms with Crippen LogP contribution in [0, 0.1) is 0 Å². The van der Waals surface area contributed by atoms with E-state index in [1.165, 1.54) is 89.9 Å². The van der Waals surface area contributed by atoms with E-state index in [0.29, 0.717) is 26.4 Å². The normalized spacial score (nSPS) is 12.0. The molecule has 0 amide bonds. The third kappa shape index (κ3) is 20.4. The molecule has 0 rings (SSSR count). The summed E-state index contributed by atoms with van der Waals surface area (Å²) in [4.78, 5) is 0. The van der Waals surface area contributed by atoms with Gasteiger partial charge in [-0.25, -0.2) is 0 Å². The smallest absolute Gasteiger partial charge is 0.351 e. The predicted molar refractivity (Wildman–Crippen MR) is 135 cm³/mol. The highest BCUT2D eigenvalue weighted by Crippen LogP contribution is 2.18. The standard InChI is InChI=1S/C26H56O4Si/c1-5-9-13-17-21-25-29-31(27-23-19-15-11-7-3,28-24-20-16-12-8-4)30-26-22-18-14-10-6-2/h5-26H2,1-4H3. The van der Waals surface area contributed by atoms with Crippen LogP contribution < -0.4 is 0 Å². The van der Waals surface area contributed by atoms with Crippen molar-refractivity contribution in [2.45, 2.75) is 143 Å². The Hall–Kier alpha value is 0.0569. The maximum absolute atomic E-state index is 6.32. The summed E-state index contributed by atoms with van der Waals surface area (Å²) in [5.41, 5.74) is 0. The summed E-state index contributed by atoms with van der Waals surface area (Å²) in [5, 5.41) is 0. The van der Waals surface area contributed by atoms with Crippen LogP contribution in [0.5, 0.6) is 0 Å². The second kappa shape index (κ2) is 24.7. The van der Waals surface area contributed by atoms with Gasteiger partial charge in [-0.2, -0.15) is 0 Å². The van der Waals surface area contributed by atoms with Crippen molar-refractivity contribution >= 4 is 9.05 Å². The van der Waals surface area contributed by atoms with Crippen molar-refractivity contribution in [3.05, 3.63) is 0 Å². The van der Waals surface area contributed by atoms with Gasteiger partial charge in [-0.3, -0.25) is 0 Å². The average molecular weight is 461 g/mol. The molecule has 31 heavy (non-hydrogen) atoms. The minimum absolute atomic E-state index is 0.687. The van der Waals surface area contributed by atoms with Crippen molar-refractivity contribution in [1.29, 1.82) is 0 Å². The van der Waals surface area contributed by atoms with Gasteiger partial charge >= 0.3 is 9.05 Å². The Kier molecular flexibility index (Phi) is 24.7. The van der Waals surface area contributed by atoms with E-state index in [1.807, 2.05) is 0 Å². The van der Waals surface area contributed by atoms with Crippen LogP contribution in [0.2, 0.25) is 0 Å². The van der Waals surface area contributed by atoms with Gasteiger partial charge in [0.1, 0.15) is 0 Å². The summed E-state index contributed by atoms with van der Waals surface area (Å²) in [5.74, 6) is 0. The van der Waals surface area contributed by atoms with Crippen LogP contribution >= 0.6 is 0 Å². The Morgan fingerprint density at radius 1 is 0.323 bits per heavy atom. The molecule has 188 valence electrons. The number of rotatable bonds is 26. The maximum atomic E-state index is 6.32. The van der Waals surface area contributed by atoms with Crippen molar-refractivity contribution in [2.24, 2.45) is 0 Å². The van der Waals surface area contributed by atoms with Crippen LogP contribution in [0.1, 0.15) is 143 Å². The van der Waals surface area contributed by atoms with Crippen LogP contribution in [-0.2, 0) is 17.7 Å². The van der Waals surface area contributed by atoms with Crippen molar-refractivity contribution in [2.75, 3.05) is 26.4 Å². The Balaban J connectivity index is 4.70. The Labute approximate surface area is 196 Å². The average Bonchev–Trinajstić information content (AvgIpc) is 2.78. The van der Waals surface area contributed by atoms with Crippen LogP contribution in [0.25, 0.3) is 0 Å². The van der Waals surface area contributed by atoms with Crippen molar-refractivity contribution in [3.63, 3.8) is 0 Å². The van der Waals surface area contributed by atoms with Crippen LogP contribution in [0.15, 0.2) is 0 Å². The first-order chi connectivity index (χ1) is 15.2. The van der Waals surface area contributed by atoms with Gasteiger partial charge in [0, 0.05) is 26.4 Å².